The molecule has 0 amide bonds. The number of furan rings is 1. The third-order valence-electron chi connectivity index (χ3n) is 3.39. The van der Waals surface area contributed by atoms with Crippen LogP contribution < -0.4 is 0 Å². The Balaban J connectivity index is 1.55. The lowest BCUT2D eigenvalue weighted by Gasteiger charge is -1.99. The fraction of sp³-hybridized carbons (Fsp3) is 0.111. The Morgan fingerprint density at radius 3 is 2.77 bits per heavy atom. The van der Waals surface area contributed by atoms with Gasteiger partial charge in [-0.05, 0) is 19.1 Å². The van der Waals surface area contributed by atoms with Gasteiger partial charge in [0.15, 0.2) is 0 Å². The summed E-state index contributed by atoms with van der Waals surface area (Å²) in [5.41, 5.74) is 2.84. The van der Waals surface area contributed by atoms with Gasteiger partial charge in [-0.15, -0.1) is 11.3 Å². The molecule has 0 radical (unpaired) electrons. The van der Waals surface area contributed by atoms with Gasteiger partial charge in [-0.3, -0.25) is 10.1 Å². The zero-order chi connectivity index (χ0) is 18.5. The van der Waals surface area contributed by atoms with Crippen molar-refractivity contribution in [3.63, 3.8) is 0 Å². The molecular formula is C18H14N2O5S. The minimum Gasteiger partial charge on any atom is -0.456 e. The predicted octanol–water partition coefficient (Wildman–Crippen LogP) is 4.38. The fourth-order valence-corrected chi connectivity index (χ4v) is 2.89. The highest BCUT2D eigenvalue weighted by Crippen LogP contribution is 2.24. The Bertz CT molecular complexity index is 956. The van der Waals surface area contributed by atoms with Crippen LogP contribution in [0.2, 0.25) is 0 Å². The Morgan fingerprint density at radius 2 is 2.08 bits per heavy atom. The zero-order valence-electron chi connectivity index (χ0n) is 13.7. The first kappa shape index (κ1) is 17.6. The van der Waals surface area contributed by atoms with E-state index >= 15 is 0 Å². The molecule has 8 heteroatoms. The summed E-state index contributed by atoms with van der Waals surface area (Å²) >= 11 is 1.48. The van der Waals surface area contributed by atoms with Crippen molar-refractivity contribution in [2.45, 2.75) is 13.5 Å². The molecule has 0 saturated carbocycles. The Hall–Kier alpha value is -3.26. The Kier molecular flexibility index (Phi) is 5.23. The number of nitro groups is 1. The fourth-order valence-electron chi connectivity index (χ4n) is 2.08. The second kappa shape index (κ2) is 7.75. The molecule has 7 nitrogen and oxygen atoms in total. The molecule has 1 aromatic carbocycles. The molecule has 0 N–H and O–H groups in total. The smallest absolute Gasteiger partial charge is 0.433 e. The number of hydrogen-bond acceptors (Lipinski definition) is 7. The number of esters is 1. The average molecular weight is 370 g/mol. The van der Waals surface area contributed by atoms with E-state index in [1.807, 2.05) is 36.6 Å². The van der Waals surface area contributed by atoms with Crippen LogP contribution in [0.3, 0.4) is 0 Å². The van der Waals surface area contributed by atoms with Crippen LogP contribution in [0.5, 0.6) is 0 Å². The number of nitrogens with zero attached hydrogens (tertiary/aromatic N) is 2. The van der Waals surface area contributed by atoms with E-state index in [2.05, 4.69) is 4.98 Å². The van der Waals surface area contributed by atoms with E-state index < -0.39 is 10.9 Å². The molecule has 2 heterocycles. The maximum Gasteiger partial charge on any atom is 0.433 e. The van der Waals surface area contributed by atoms with E-state index in [4.69, 9.17) is 9.15 Å². The van der Waals surface area contributed by atoms with Gasteiger partial charge in [0, 0.05) is 17.0 Å². The lowest BCUT2D eigenvalue weighted by molar-refractivity contribution is -0.402. The lowest BCUT2D eigenvalue weighted by atomic mass is 10.2. The van der Waals surface area contributed by atoms with Crippen molar-refractivity contribution in [2.75, 3.05) is 0 Å². The van der Waals surface area contributed by atoms with Gasteiger partial charge in [-0.2, -0.15) is 0 Å². The Labute approximate surface area is 152 Å². The summed E-state index contributed by atoms with van der Waals surface area (Å²) in [6.45, 7) is 2.06. The maximum absolute atomic E-state index is 11.7. The number of benzene rings is 1. The molecule has 0 aliphatic rings. The number of carbonyl (C=O) groups excluding carboxylic acids is 1. The zero-order valence-corrected chi connectivity index (χ0v) is 14.6. The van der Waals surface area contributed by atoms with Crippen LogP contribution in [-0.2, 0) is 16.1 Å². The molecule has 0 unspecified atom stereocenters. The first-order valence-corrected chi connectivity index (χ1v) is 8.50. The van der Waals surface area contributed by atoms with Crippen molar-refractivity contribution in [1.82, 2.24) is 4.98 Å². The second-order valence-corrected chi connectivity index (χ2v) is 6.24. The number of rotatable bonds is 6. The van der Waals surface area contributed by atoms with E-state index in [1.54, 1.807) is 0 Å². The van der Waals surface area contributed by atoms with Crippen molar-refractivity contribution >= 4 is 29.3 Å². The largest absolute Gasteiger partial charge is 0.456 e. The molecule has 0 aliphatic carbocycles. The number of hydrogen-bond donors (Lipinski definition) is 0. The highest BCUT2D eigenvalue weighted by molar-refractivity contribution is 7.13. The number of ether oxygens (including phenoxy) is 1. The third-order valence-corrected chi connectivity index (χ3v) is 4.33. The van der Waals surface area contributed by atoms with Crippen molar-refractivity contribution in [3.8, 4) is 10.6 Å². The van der Waals surface area contributed by atoms with E-state index in [1.165, 1.54) is 35.1 Å². The van der Waals surface area contributed by atoms with Crippen LogP contribution in [0.15, 0.2) is 52.3 Å². The molecule has 2 aromatic heterocycles. The maximum atomic E-state index is 11.7. The summed E-state index contributed by atoms with van der Waals surface area (Å²) in [6.07, 6.45) is 2.46. The minimum absolute atomic E-state index is 0.0455. The van der Waals surface area contributed by atoms with Gasteiger partial charge in [0.1, 0.15) is 22.3 Å². The van der Waals surface area contributed by atoms with Gasteiger partial charge < -0.3 is 9.15 Å². The highest BCUT2D eigenvalue weighted by atomic mass is 32.1. The monoisotopic (exact) mass is 370 g/mol. The summed E-state index contributed by atoms with van der Waals surface area (Å²) in [6, 6.07) is 10.6. The Morgan fingerprint density at radius 1 is 1.31 bits per heavy atom. The van der Waals surface area contributed by atoms with Gasteiger partial charge in [0.25, 0.3) is 0 Å². The summed E-state index contributed by atoms with van der Waals surface area (Å²) in [4.78, 5) is 26.1. The van der Waals surface area contributed by atoms with Gasteiger partial charge >= 0.3 is 11.9 Å². The topological polar surface area (TPSA) is 95.5 Å². The quantitative estimate of drug-likeness (QED) is 0.277. The SMILES string of the molecule is Cc1ccc(-c2nc(COC(=O)/C=C/c3ccc([N+](=O)[O-])o3)cs2)cc1. The van der Waals surface area contributed by atoms with Gasteiger partial charge in [0.2, 0.25) is 0 Å². The number of carbonyl (C=O) groups is 1. The molecule has 0 fully saturated rings. The van der Waals surface area contributed by atoms with Crippen LogP contribution in [0, 0.1) is 17.0 Å². The first-order chi connectivity index (χ1) is 12.5. The van der Waals surface area contributed by atoms with E-state index in [9.17, 15) is 14.9 Å². The summed E-state index contributed by atoms with van der Waals surface area (Å²) in [5.74, 6) is -0.776. The summed E-state index contributed by atoms with van der Waals surface area (Å²) < 4.78 is 10.0. The van der Waals surface area contributed by atoms with Crippen molar-refractivity contribution in [3.05, 3.63) is 75.0 Å². The van der Waals surface area contributed by atoms with Crippen LogP contribution in [-0.4, -0.2) is 15.9 Å². The molecule has 0 saturated heterocycles. The van der Waals surface area contributed by atoms with Crippen LogP contribution in [0.1, 0.15) is 17.0 Å². The molecular weight excluding hydrogens is 356 g/mol. The predicted molar refractivity (Wildman–Crippen MR) is 96.5 cm³/mol. The van der Waals surface area contributed by atoms with Gasteiger partial charge in [-0.25, -0.2) is 9.78 Å². The molecule has 0 aliphatic heterocycles. The third kappa shape index (κ3) is 4.42. The molecule has 0 spiro atoms. The summed E-state index contributed by atoms with van der Waals surface area (Å²) in [5, 5.41) is 13.2. The van der Waals surface area contributed by atoms with E-state index in [0.717, 1.165) is 16.6 Å². The molecule has 3 aromatic rings. The molecule has 3 rings (SSSR count). The molecule has 26 heavy (non-hydrogen) atoms. The number of aromatic nitrogens is 1. The van der Waals surface area contributed by atoms with Crippen LogP contribution in [0.25, 0.3) is 16.6 Å². The van der Waals surface area contributed by atoms with Gasteiger partial charge in [-0.1, -0.05) is 29.8 Å². The van der Waals surface area contributed by atoms with Crippen molar-refractivity contribution in [2.24, 2.45) is 0 Å². The molecule has 0 bridgehead atoms. The molecule has 132 valence electrons. The standard InChI is InChI=1S/C18H14N2O5S/c1-12-2-4-13(5-3-12)18-19-14(11-26-18)10-24-17(21)9-7-15-6-8-16(25-15)20(22)23/h2-9,11H,10H2,1H3/b9-7+. The first-order valence-electron chi connectivity index (χ1n) is 7.62. The minimum atomic E-state index is -0.649. The normalized spacial score (nSPS) is 11.0. The van der Waals surface area contributed by atoms with Crippen molar-refractivity contribution < 1.29 is 18.9 Å². The average Bonchev–Trinajstić information content (AvgIpc) is 3.28. The van der Waals surface area contributed by atoms with Gasteiger partial charge in [0.05, 0.1) is 11.8 Å². The molecule has 0 atom stereocenters. The summed E-state index contributed by atoms with van der Waals surface area (Å²) in [7, 11) is 0. The van der Waals surface area contributed by atoms with E-state index in [0.29, 0.717) is 5.69 Å². The number of aryl methyl sites for hydroxylation is 1. The van der Waals surface area contributed by atoms with E-state index in [-0.39, 0.29) is 18.3 Å². The van der Waals surface area contributed by atoms with Crippen LogP contribution in [0.4, 0.5) is 5.88 Å². The highest BCUT2D eigenvalue weighted by Gasteiger charge is 2.10. The number of thiazole rings is 1. The lowest BCUT2D eigenvalue weighted by Crippen LogP contribution is -2.00. The van der Waals surface area contributed by atoms with Crippen molar-refractivity contribution in [1.29, 1.82) is 0 Å². The second-order valence-electron chi connectivity index (χ2n) is 5.38. The van der Waals surface area contributed by atoms with Crippen LogP contribution >= 0.6 is 11.3 Å².